The molecule has 21 heavy (non-hydrogen) atoms. The molecule has 0 saturated carbocycles. The van der Waals surface area contributed by atoms with Gasteiger partial charge in [-0.05, 0) is 30.5 Å². The van der Waals surface area contributed by atoms with Crippen molar-refractivity contribution in [2.75, 3.05) is 24.5 Å². The summed E-state index contributed by atoms with van der Waals surface area (Å²) in [4.78, 5) is 13.3. The van der Waals surface area contributed by atoms with Crippen LogP contribution < -0.4 is 16.0 Å². The first-order chi connectivity index (χ1) is 9.76. The van der Waals surface area contributed by atoms with Crippen molar-refractivity contribution in [2.45, 2.75) is 25.6 Å². The molecule has 0 aromatic heterocycles. The summed E-state index contributed by atoms with van der Waals surface area (Å²) in [6.07, 6.45) is -3.62. The lowest BCUT2D eigenvalue weighted by Crippen LogP contribution is -2.40. The lowest BCUT2D eigenvalue weighted by molar-refractivity contribution is -0.137. The summed E-state index contributed by atoms with van der Waals surface area (Å²) in [5.74, 6) is -0.628. The summed E-state index contributed by atoms with van der Waals surface area (Å²) in [6.45, 7) is 1.15. The van der Waals surface area contributed by atoms with E-state index in [9.17, 15) is 18.0 Å². The number of alkyl halides is 3. The van der Waals surface area contributed by atoms with Crippen LogP contribution in [0.4, 0.5) is 18.9 Å². The predicted octanol–water partition coefficient (Wildman–Crippen LogP) is 1.75. The molecule has 1 aromatic carbocycles. The molecule has 116 valence electrons. The molecule has 2 rings (SSSR count). The maximum atomic E-state index is 12.0. The molecule has 1 atom stereocenters. The second-order valence-corrected chi connectivity index (χ2v) is 5.24. The summed E-state index contributed by atoms with van der Waals surface area (Å²) in [5.41, 5.74) is 8.80. The number of carbonyl (C=O) groups is 1. The number of nitrogens with one attached hydrogen (secondary N) is 1. The minimum absolute atomic E-state index is 0.0688. The van der Waals surface area contributed by atoms with E-state index in [4.69, 9.17) is 5.73 Å². The quantitative estimate of drug-likeness (QED) is 0.891. The SMILES string of the molecule is CC(N)c1ccc2c(c1)CCN2CC(=O)NCC(F)(F)F. The Morgan fingerprint density at radius 1 is 1.48 bits per heavy atom. The van der Waals surface area contributed by atoms with Crippen molar-refractivity contribution < 1.29 is 18.0 Å². The van der Waals surface area contributed by atoms with E-state index in [2.05, 4.69) is 0 Å². The Morgan fingerprint density at radius 3 is 2.81 bits per heavy atom. The highest BCUT2D eigenvalue weighted by molar-refractivity contribution is 5.82. The Kier molecular flexibility index (Phi) is 4.41. The van der Waals surface area contributed by atoms with Crippen molar-refractivity contribution in [1.82, 2.24) is 5.32 Å². The van der Waals surface area contributed by atoms with Crippen LogP contribution in [0.5, 0.6) is 0 Å². The lowest BCUT2D eigenvalue weighted by atomic mass is 10.0. The number of nitrogens with two attached hydrogens (primary N) is 1. The number of fused-ring (bicyclic) bond motifs is 1. The van der Waals surface area contributed by atoms with Gasteiger partial charge in [0.25, 0.3) is 0 Å². The summed E-state index contributed by atoms with van der Waals surface area (Å²) < 4.78 is 36.1. The second-order valence-electron chi connectivity index (χ2n) is 5.24. The Balaban J connectivity index is 1.98. The number of nitrogens with zero attached hydrogens (tertiary/aromatic N) is 1. The average Bonchev–Trinajstić information content (AvgIpc) is 2.78. The highest BCUT2D eigenvalue weighted by Crippen LogP contribution is 2.29. The van der Waals surface area contributed by atoms with Gasteiger partial charge in [0.2, 0.25) is 5.91 Å². The van der Waals surface area contributed by atoms with E-state index in [1.165, 1.54) is 0 Å². The van der Waals surface area contributed by atoms with E-state index in [-0.39, 0.29) is 12.6 Å². The maximum Gasteiger partial charge on any atom is 0.405 e. The van der Waals surface area contributed by atoms with Crippen LogP contribution in [0, 0.1) is 0 Å². The molecule has 0 saturated heterocycles. The first kappa shape index (κ1) is 15.6. The Bertz CT molecular complexity index is 529. The van der Waals surface area contributed by atoms with Crippen LogP contribution in [0.2, 0.25) is 0 Å². The van der Waals surface area contributed by atoms with Crippen molar-refractivity contribution in [1.29, 1.82) is 0 Å². The first-order valence-electron chi connectivity index (χ1n) is 6.73. The van der Waals surface area contributed by atoms with Gasteiger partial charge in [0.1, 0.15) is 6.54 Å². The molecule has 0 spiro atoms. The smallest absolute Gasteiger partial charge is 0.362 e. The number of amides is 1. The van der Waals surface area contributed by atoms with E-state index >= 15 is 0 Å². The largest absolute Gasteiger partial charge is 0.405 e. The molecule has 0 fully saturated rings. The zero-order chi connectivity index (χ0) is 15.6. The first-order valence-corrected chi connectivity index (χ1v) is 6.73. The monoisotopic (exact) mass is 301 g/mol. The molecular formula is C14H18F3N3O. The van der Waals surface area contributed by atoms with Crippen LogP contribution in [0.15, 0.2) is 18.2 Å². The van der Waals surface area contributed by atoms with Gasteiger partial charge in [-0.25, -0.2) is 0 Å². The molecule has 1 aliphatic rings. The lowest BCUT2D eigenvalue weighted by Gasteiger charge is -2.19. The molecule has 0 aliphatic carbocycles. The van der Waals surface area contributed by atoms with Gasteiger partial charge < -0.3 is 16.0 Å². The topological polar surface area (TPSA) is 58.4 Å². The molecule has 1 unspecified atom stereocenters. The number of carbonyl (C=O) groups excluding carboxylic acids is 1. The molecule has 4 nitrogen and oxygen atoms in total. The van der Waals surface area contributed by atoms with Gasteiger partial charge in [-0.15, -0.1) is 0 Å². The van der Waals surface area contributed by atoms with E-state index in [1.54, 1.807) is 4.90 Å². The standard InChI is InChI=1S/C14H18F3N3O/c1-9(18)10-2-3-12-11(6-10)4-5-20(12)7-13(21)19-8-14(15,16)17/h2-3,6,9H,4-5,7-8,18H2,1H3,(H,19,21). The molecule has 3 N–H and O–H groups in total. The van der Waals surface area contributed by atoms with Crippen LogP contribution in [-0.2, 0) is 11.2 Å². The van der Waals surface area contributed by atoms with Crippen molar-refractivity contribution in [3.63, 3.8) is 0 Å². The van der Waals surface area contributed by atoms with Gasteiger partial charge in [0, 0.05) is 18.3 Å². The summed E-state index contributed by atoms with van der Waals surface area (Å²) in [6, 6.07) is 5.68. The number of benzene rings is 1. The van der Waals surface area contributed by atoms with Gasteiger partial charge >= 0.3 is 6.18 Å². The van der Waals surface area contributed by atoms with Gasteiger partial charge in [0.15, 0.2) is 0 Å². The van der Waals surface area contributed by atoms with Crippen LogP contribution in [0.25, 0.3) is 0 Å². The number of hydrogen-bond donors (Lipinski definition) is 2. The Labute approximate surface area is 121 Å². The molecule has 0 radical (unpaired) electrons. The van der Waals surface area contributed by atoms with Crippen molar-refractivity contribution in [3.05, 3.63) is 29.3 Å². The second kappa shape index (κ2) is 5.93. The zero-order valence-electron chi connectivity index (χ0n) is 11.7. The molecule has 1 aliphatic heterocycles. The molecular weight excluding hydrogens is 283 g/mol. The fourth-order valence-corrected chi connectivity index (χ4v) is 2.37. The number of hydrogen-bond acceptors (Lipinski definition) is 3. The van der Waals surface area contributed by atoms with Gasteiger partial charge in [0.05, 0.1) is 6.54 Å². The molecule has 1 aromatic rings. The van der Waals surface area contributed by atoms with Crippen LogP contribution in [0.3, 0.4) is 0 Å². The highest BCUT2D eigenvalue weighted by Gasteiger charge is 2.28. The number of halogens is 3. The Morgan fingerprint density at radius 2 is 2.19 bits per heavy atom. The fraction of sp³-hybridized carbons (Fsp3) is 0.500. The number of rotatable bonds is 4. The van der Waals surface area contributed by atoms with E-state index in [1.807, 2.05) is 30.4 Å². The van der Waals surface area contributed by atoms with Gasteiger partial charge in [-0.2, -0.15) is 13.2 Å². The molecule has 1 amide bonds. The van der Waals surface area contributed by atoms with Crippen LogP contribution in [0.1, 0.15) is 24.1 Å². The normalized spacial score (nSPS) is 15.8. The zero-order valence-corrected chi connectivity index (χ0v) is 11.7. The third kappa shape index (κ3) is 4.10. The van der Waals surface area contributed by atoms with Crippen LogP contribution in [-0.4, -0.2) is 31.7 Å². The van der Waals surface area contributed by atoms with E-state index in [0.29, 0.717) is 6.54 Å². The van der Waals surface area contributed by atoms with Crippen LogP contribution >= 0.6 is 0 Å². The summed E-state index contributed by atoms with van der Waals surface area (Å²) >= 11 is 0. The van der Waals surface area contributed by atoms with Gasteiger partial charge in [-0.3, -0.25) is 4.79 Å². The van der Waals surface area contributed by atoms with Crippen molar-refractivity contribution in [2.24, 2.45) is 5.73 Å². The average molecular weight is 301 g/mol. The predicted molar refractivity (Wildman–Crippen MR) is 74.0 cm³/mol. The van der Waals surface area contributed by atoms with Gasteiger partial charge in [-0.1, -0.05) is 12.1 Å². The Hall–Kier alpha value is -1.76. The number of anilines is 1. The minimum Gasteiger partial charge on any atom is -0.362 e. The fourth-order valence-electron chi connectivity index (χ4n) is 2.37. The summed E-state index contributed by atoms with van der Waals surface area (Å²) in [7, 11) is 0. The summed E-state index contributed by atoms with van der Waals surface area (Å²) in [5, 5.41) is 1.88. The third-order valence-corrected chi connectivity index (χ3v) is 3.44. The molecule has 1 heterocycles. The minimum atomic E-state index is -4.38. The highest BCUT2D eigenvalue weighted by atomic mass is 19.4. The van der Waals surface area contributed by atoms with Crippen molar-refractivity contribution >= 4 is 11.6 Å². The molecule has 7 heteroatoms. The van der Waals surface area contributed by atoms with E-state index in [0.717, 1.165) is 23.2 Å². The van der Waals surface area contributed by atoms with Crippen molar-refractivity contribution in [3.8, 4) is 0 Å². The van der Waals surface area contributed by atoms with E-state index < -0.39 is 18.6 Å². The maximum absolute atomic E-state index is 12.0. The third-order valence-electron chi connectivity index (χ3n) is 3.44. The molecule has 0 bridgehead atoms.